The Balaban J connectivity index is 2.47. The maximum absolute atomic E-state index is 12.2. The average Bonchev–Trinajstić information content (AvgIpc) is 2.68. The molecular formula is C14H18N3O3-. The number of amides is 1. The fraction of sp³-hybridized carbons (Fsp3) is 0.500. The fourth-order valence-corrected chi connectivity index (χ4v) is 2.24. The second-order valence-electron chi connectivity index (χ2n) is 5.71. The van der Waals surface area contributed by atoms with E-state index in [1.54, 1.807) is 26.1 Å². The molecule has 0 radical (unpaired) electrons. The molecule has 108 valence electrons. The zero-order valence-corrected chi connectivity index (χ0v) is 12.0. The summed E-state index contributed by atoms with van der Waals surface area (Å²) >= 11 is 0. The first-order valence-electron chi connectivity index (χ1n) is 6.50. The maximum Gasteiger partial charge on any atom is 0.253 e. The normalized spacial score (nSPS) is 32.5. The molecule has 2 N–H and O–H groups in total. The van der Waals surface area contributed by atoms with Gasteiger partial charge in [-0.1, -0.05) is 19.9 Å². The smallest absolute Gasteiger partial charge is 0.253 e. The molecule has 0 saturated heterocycles. The summed E-state index contributed by atoms with van der Waals surface area (Å²) in [5, 5.41) is 16.9. The fourth-order valence-electron chi connectivity index (χ4n) is 2.24. The van der Waals surface area contributed by atoms with Gasteiger partial charge in [0.05, 0.1) is 5.97 Å². The van der Waals surface area contributed by atoms with Crippen LogP contribution in [0.15, 0.2) is 28.9 Å². The predicted octanol–water partition coefficient (Wildman–Crippen LogP) is -0.519. The molecule has 2 aliphatic rings. The molecule has 0 bridgehead atoms. The van der Waals surface area contributed by atoms with Gasteiger partial charge in [0.25, 0.3) is 5.91 Å². The first-order valence-corrected chi connectivity index (χ1v) is 6.50. The van der Waals surface area contributed by atoms with Crippen molar-refractivity contribution < 1.29 is 14.7 Å². The molecule has 0 aliphatic carbocycles. The summed E-state index contributed by atoms with van der Waals surface area (Å²) in [5.41, 5.74) is -1.96. The van der Waals surface area contributed by atoms with Crippen LogP contribution in [-0.4, -0.2) is 28.8 Å². The Bertz CT molecular complexity index is 562. The summed E-state index contributed by atoms with van der Waals surface area (Å²) in [6.07, 6.45) is 4.64. The van der Waals surface area contributed by atoms with E-state index < -0.39 is 17.0 Å². The Morgan fingerprint density at radius 1 is 1.40 bits per heavy atom. The van der Waals surface area contributed by atoms with Gasteiger partial charge >= 0.3 is 0 Å². The number of nitrogens with one attached hydrogen (secondary N) is 2. The Labute approximate surface area is 117 Å². The van der Waals surface area contributed by atoms with Gasteiger partial charge in [0.2, 0.25) is 0 Å². The van der Waals surface area contributed by atoms with E-state index in [-0.39, 0.29) is 17.4 Å². The Morgan fingerprint density at radius 2 is 2.05 bits per heavy atom. The van der Waals surface area contributed by atoms with E-state index in [9.17, 15) is 14.7 Å². The molecular weight excluding hydrogens is 258 g/mol. The Hall–Kier alpha value is -2.11. The lowest BCUT2D eigenvalue weighted by molar-refractivity contribution is -0.299. The van der Waals surface area contributed by atoms with Crippen LogP contribution in [0.25, 0.3) is 0 Å². The van der Waals surface area contributed by atoms with Crippen molar-refractivity contribution in [3.8, 4) is 0 Å². The van der Waals surface area contributed by atoms with Crippen molar-refractivity contribution in [2.24, 2.45) is 10.9 Å². The average molecular weight is 276 g/mol. The van der Waals surface area contributed by atoms with Crippen molar-refractivity contribution in [3.63, 3.8) is 0 Å². The van der Waals surface area contributed by atoms with Crippen LogP contribution in [0.5, 0.6) is 0 Å². The molecule has 0 aromatic rings. The van der Waals surface area contributed by atoms with E-state index in [2.05, 4.69) is 15.6 Å². The molecule has 2 heterocycles. The summed E-state index contributed by atoms with van der Waals surface area (Å²) in [7, 11) is 0. The highest BCUT2D eigenvalue weighted by atomic mass is 16.4. The van der Waals surface area contributed by atoms with E-state index >= 15 is 0 Å². The number of allylic oxidation sites excluding steroid dienone is 2. The van der Waals surface area contributed by atoms with E-state index in [0.29, 0.717) is 5.84 Å². The zero-order valence-electron chi connectivity index (χ0n) is 12.0. The SMILES string of the molecule is CC(C)C1(C)N=C(C2(C)NC=CC=C2C(=O)[O-])NC1=O. The molecule has 0 spiro atoms. The van der Waals surface area contributed by atoms with Crippen LogP contribution in [0, 0.1) is 5.92 Å². The molecule has 0 saturated carbocycles. The van der Waals surface area contributed by atoms with Crippen LogP contribution in [0.1, 0.15) is 27.7 Å². The minimum atomic E-state index is -1.29. The number of aliphatic carboxylic acids is 1. The number of carbonyl (C=O) groups is 2. The molecule has 2 aliphatic heterocycles. The Kier molecular flexibility index (Phi) is 3.20. The largest absolute Gasteiger partial charge is 0.545 e. The summed E-state index contributed by atoms with van der Waals surface area (Å²) in [4.78, 5) is 27.9. The number of rotatable bonds is 3. The maximum atomic E-state index is 12.2. The van der Waals surface area contributed by atoms with Gasteiger partial charge in [-0.2, -0.15) is 0 Å². The number of carbonyl (C=O) groups excluding carboxylic acids is 2. The number of aliphatic imine (C=N–C) groups is 1. The van der Waals surface area contributed by atoms with Crippen LogP contribution in [0.4, 0.5) is 0 Å². The van der Waals surface area contributed by atoms with Gasteiger partial charge in [-0.05, 0) is 32.0 Å². The quantitative estimate of drug-likeness (QED) is 0.725. The van der Waals surface area contributed by atoms with Crippen LogP contribution in [-0.2, 0) is 9.59 Å². The number of hydrogen-bond acceptors (Lipinski definition) is 5. The first kappa shape index (κ1) is 14.3. The van der Waals surface area contributed by atoms with Crippen molar-refractivity contribution in [2.75, 3.05) is 0 Å². The summed E-state index contributed by atoms with van der Waals surface area (Å²) < 4.78 is 0. The number of carboxylic acid groups (broad SMARTS) is 1. The highest BCUT2D eigenvalue weighted by Crippen LogP contribution is 2.30. The zero-order chi connectivity index (χ0) is 15.1. The summed E-state index contributed by atoms with van der Waals surface area (Å²) in [6.45, 7) is 7.20. The van der Waals surface area contributed by atoms with Gasteiger partial charge in [0, 0.05) is 5.57 Å². The lowest BCUT2D eigenvalue weighted by Crippen LogP contribution is -2.57. The molecule has 2 atom stereocenters. The molecule has 0 fully saturated rings. The third-order valence-corrected chi connectivity index (χ3v) is 4.12. The molecule has 2 unspecified atom stereocenters. The molecule has 2 rings (SSSR count). The number of dihydropyridines is 1. The molecule has 6 heteroatoms. The van der Waals surface area contributed by atoms with Crippen LogP contribution in [0.2, 0.25) is 0 Å². The van der Waals surface area contributed by atoms with Gasteiger partial charge in [-0.25, -0.2) is 0 Å². The minimum absolute atomic E-state index is 0.00175. The lowest BCUT2D eigenvalue weighted by Gasteiger charge is -2.35. The van der Waals surface area contributed by atoms with Gasteiger partial charge in [-0.15, -0.1) is 0 Å². The van der Waals surface area contributed by atoms with Crippen LogP contribution in [0.3, 0.4) is 0 Å². The second kappa shape index (κ2) is 4.47. The van der Waals surface area contributed by atoms with Crippen molar-refractivity contribution in [3.05, 3.63) is 23.9 Å². The summed E-state index contributed by atoms with van der Waals surface area (Å²) in [6, 6.07) is 0. The van der Waals surface area contributed by atoms with Crippen molar-refractivity contribution in [1.29, 1.82) is 0 Å². The van der Waals surface area contributed by atoms with E-state index in [1.807, 2.05) is 13.8 Å². The van der Waals surface area contributed by atoms with Crippen LogP contribution < -0.4 is 15.7 Å². The van der Waals surface area contributed by atoms with E-state index in [1.165, 1.54) is 6.08 Å². The summed E-state index contributed by atoms with van der Waals surface area (Å²) in [5.74, 6) is -1.21. The highest BCUT2D eigenvalue weighted by molar-refractivity contribution is 6.15. The number of hydrogen-bond donors (Lipinski definition) is 2. The van der Waals surface area contributed by atoms with Crippen molar-refractivity contribution in [2.45, 2.75) is 38.8 Å². The topological polar surface area (TPSA) is 93.6 Å². The van der Waals surface area contributed by atoms with E-state index in [4.69, 9.17) is 0 Å². The van der Waals surface area contributed by atoms with E-state index in [0.717, 1.165) is 0 Å². The van der Waals surface area contributed by atoms with Crippen molar-refractivity contribution in [1.82, 2.24) is 10.6 Å². The number of carboxylic acids is 1. The number of nitrogens with zero attached hydrogens (tertiary/aromatic N) is 1. The molecule has 20 heavy (non-hydrogen) atoms. The molecule has 6 nitrogen and oxygen atoms in total. The van der Waals surface area contributed by atoms with Gasteiger partial charge in [-0.3, -0.25) is 9.79 Å². The predicted molar refractivity (Wildman–Crippen MR) is 72.6 cm³/mol. The van der Waals surface area contributed by atoms with Gasteiger partial charge in [0.1, 0.15) is 16.9 Å². The highest BCUT2D eigenvalue weighted by Gasteiger charge is 2.48. The van der Waals surface area contributed by atoms with Crippen LogP contribution >= 0.6 is 0 Å². The van der Waals surface area contributed by atoms with Gasteiger partial charge < -0.3 is 20.5 Å². The third-order valence-electron chi connectivity index (χ3n) is 4.12. The van der Waals surface area contributed by atoms with Gasteiger partial charge in [0.15, 0.2) is 0 Å². The number of amidine groups is 1. The monoisotopic (exact) mass is 276 g/mol. The third kappa shape index (κ3) is 1.92. The lowest BCUT2D eigenvalue weighted by atomic mass is 9.88. The minimum Gasteiger partial charge on any atom is -0.545 e. The second-order valence-corrected chi connectivity index (χ2v) is 5.71. The molecule has 1 amide bonds. The standard InChI is InChI=1S/C14H19N3O3/c1-8(2)13(3)12(20)16-11(17-13)14(4)9(10(18)19)6-5-7-15-14/h5-8,15H,1-4H3,(H,18,19)(H,16,17,20)/p-1. The van der Waals surface area contributed by atoms with Crippen molar-refractivity contribution >= 4 is 17.7 Å². The molecule has 0 aromatic heterocycles. The Morgan fingerprint density at radius 3 is 2.55 bits per heavy atom. The molecule has 0 aromatic carbocycles. The first-order chi connectivity index (χ1) is 9.21.